The minimum atomic E-state index is 0.226. The van der Waals surface area contributed by atoms with Crippen molar-refractivity contribution in [2.24, 2.45) is 5.41 Å². The zero-order valence-electron chi connectivity index (χ0n) is 17.4. The predicted molar refractivity (Wildman–Crippen MR) is 115 cm³/mol. The smallest absolute Gasteiger partial charge is 0.185 e. The molecule has 29 heavy (non-hydrogen) atoms. The van der Waals surface area contributed by atoms with E-state index in [0.29, 0.717) is 6.61 Å². The van der Waals surface area contributed by atoms with Gasteiger partial charge < -0.3 is 4.74 Å². The fourth-order valence-electron chi connectivity index (χ4n) is 3.42. The Morgan fingerprint density at radius 1 is 1.24 bits per heavy atom. The molecule has 2 aromatic heterocycles. The van der Waals surface area contributed by atoms with Crippen molar-refractivity contribution in [3.8, 4) is 17.2 Å². The minimum Gasteiger partial charge on any atom is -0.379 e. The van der Waals surface area contributed by atoms with Crippen molar-refractivity contribution in [3.05, 3.63) is 40.3 Å². The Labute approximate surface area is 179 Å². The summed E-state index contributed by atoms with van der Waals surface area (Å²) in [5.74, 6) is 1.54. The third-order valence-corrected chi connectivity index (χ3v) is 5.50. The van der Waals surface area contributed by atoms with Gasteiger partial charge in [0.2, 0.25) is 0 Å². The average Bonchev–Trinajstić information content (AvgIpc) is 3.37. The van der Waals surface area contributed by atoms with Crippen LogP contribution >= 0.6 is 15.9 Å². The van der Waals surface area contributed by atoms with Gasteiger partial charge in [0.25, 0.3) is 0 Å². The zero-order valence-corrected chi connectivity index (χ0v) is 19.0. The quantitative estimate of drug-likeness (QED) is 0.561. The third kappa shape index (κ3) is 4.75. The molecule has 0 radical (unpaired) electrons. The first-order valence-corrected chi connectivity index (χ1v) is 10.8. The predicted octanol–water partition coefficient (Wildman–Crippen LogP) is 4.54. The summed E-state index contributed by atoms with van der Waals surface area (Å²) in [5, 5.41) is 13.6. The van der Waals surface area contributed by atoms with Gasteiger partial charge in [0.15, 0.2) is 11.6 Å². The Morgan fingerprint density at radius 3 is 2.76 bits per heavy atom. The second-order valence-electron chi connectivity index (χ2n) is 8.91. The molecule has 0 spiro atoms. The minimum absolute atomic E-state index is 0.226. The largest absolute Gasteiger partial charge is 0.379 e. The summed E-state index contributed by atoms with van der Waals surface area (Å²) >= 11 is 3.60. The van der Waals surface area contributed by atoms with Crippen LogP contribution in [-0.2, 0) is 11.2 Å². The van der Waals surface area contributed by atoms with E-state index in [1.54, 1.807) is 0 Å². The van der Waals surface area contributed by atoms with Crippen molar-refractivity contribution in [1.29, 1.82) is 0 Å². The van der Waals surface area contributed by atoms with E-state index in [4.69, 9.17) is 14.8 Å². The van der Waals surface area contributed by atoms with Crippen molar-refractivity contribution in [2.45, 2.75) is 53.0 Å². The van der Waals surface area contributed by atoms with Crippen molar-refractivity contribution in [3.63, 3.8) is 0 Å². The lowest BCUT2D eigenvalue weighted by atomic mass is 9.90. The van der Waals surface area contributed by atoms with Crippen LogP contribution in [0.1, 0.15) is 51.0 Å². The van der Waals surface area contributed by atoms with E-state index in [2.05, 4.69) is 66.1 Å². The van der Waals surface area contributed by atoms with Crippen molar-refractivity contribution in [1.82, 2.24) is 29.8 Å². The number of rotatable bonds is 5. The molecule has 3 aromatic rings. The second-order valence-corrected chi connectivity index (χ2v) is 9.83. The number of hydrogen-bond acceptors (Lipinski definition) is 5. The standard InChI is InChI=1S/C21H27BrN6O/c1-14-9-15(22)11-17(10-14)28-20(23-19(25-28)5-7-21(2,3)4)18-12-27(26-24-18)16-6-8-29-13-16/h9-12,16H,5-8,13H2,1-4H3. The molecule has 1 fully saturated rings. The number of halogens is 1. The highest BCUT2D eigenvalue weighted by molar-refractivity contribution is 9.10. The first-order valence-electron chi connectivity index (χ1n) is 10.0. The van der Waals surface area contributed by atoms with E-state index >= 15 is 0 Å². The van der Waals surface area contributed by atoms with Gasteiger partial charge in [-0.05, 0) is 48.9 Å². The number of benzene rings is 1. The normalized spacial score (nSPS) is 17.2. The summed E-state index contributed by atoms with van der Waals surface area (Å²) in [6, 6.07) is 6.47. The van der Waals surface area contributed by atoms with Crippen LogP contribution < -0.4 is 0 Å². The number of aromatic nitrogens is 6. The molecular weight excluding hydrogens is 432 g/mol. The van der Waals surface area contributed by atoms with Crippen LogP contribution in [0.2, 0.25) is 0 Å². The maximum atomic E-state index is 5.49. The number of nitrogens with zero attached hydrogens (tertiary/aromatic N) is 6. The van der Waals surface area contributed by atoms with Crippen molar-refractivity contribution >= 4 is 15.9 Å². The second kappa shape index (κ2) is 7.99. The monoisotopic (exact) mass is 458 g/mol. The van der Waals surface area contributed by atoms with E-state index in [-0.39, 0.29) is 11.5 Å². The fraction of sp³-hybridized carbons (Fsp3) is 0.524. The molecule has 7 nitrogen and oxygen atoms in total. The van der Waals surface area contributed by atoms with Crippen molar-refractivity contribution < 1.29 is 4.74 Å². The molecule has 1 unspecified atom stereocenters. The number of ether oxygens (including phenoxy) is 1. The first-order chi connectivity index (χ1) is 13.8. The van der Waals surface area contributed by atoms with E-state index in [0.717, 1.165) is 58.9 Å². The lowest BCUT2D eigenvalue weighted by molar-refractivity contribution is 0.184. The molecule has 0 N–H and O–H groups in total. The molecule has 1 aliphatic heterocycles. The molecule has 1 aliphatic rings. The lowest BCUT2D eigenvalue weighted by Gasteiger charge is -2.16. The Hall–Kier alpha value is -2.06. The van der Waals surface area contributed by atoms with Crippen LogP contribution in [0.25, 0.3) is 17.2 Å². The summed E-state index contributed by atoms with van der Waals surface area (Å²) in [7, 11) is 0. The molecule has 1 atom stereocenters. The number of hydrogen-bond donors (Lipinski definition) is 0. The fourth-order valence-corrected chi connectivity index (χ4v) is 4.02. The molecule has 8 heteroatoms. The van der Waals surface area contributed by atoms with Gasteiger partial charge >= 0.3 is 0 Å². The maximum absolute atomic E-state index is 5.49. The summed E-state index contributed by atoms with van der Waals surface area (Å²) in [6.07, 6.45) is 4.75. The zero-order chi connectivity index (χ0) is 20.6. The molecule has 1 saturated heterocycles. The molecule has 0 saturated carbocycles. The molecule has 4 rings (SSSR count). The van der Waals surface area contributed by atoms with Gasteiger partial charge in [-0.1, -0.05) is 41.9 Å². The molecule has 1 aromatic carbocycles. The summed E-state index contributed by atoms with van der Waals surface area (Å²) in [5.41, 5.74) is 3.06. The molecule has 0 aliphatic carbocycles. The molecule has 0 bridgehead atoms. The van der Waals surface area contributed by atoms with E-state index in [1.165, 1.54) is 0 Å². The van der Waals surface area contributed by atoms with Gasteiger partial charge in [0.05, 0.1) is 24.5 Å². The van der Waals surface area contributed by atoms with Crippen LogP contribution in [0.3, 0.4) is 0 Å². The van der Waals surface area contributed by atoms with Gasteiger partial charge in [0, 0.05) is 17.5 Å². The average molecular weight is 459 g/mol. The van der Waals surface area contributed by atoms with Crippen LogP contribution in [0.5, 0.6) is 0 Å². The van der Waals surface area contributed by atoms with Gasteiger partial charge in [-0.25, -0.2) is 14.3 Å². The first kappa shape index (κ1) is 20.2. The molecule has 0 amide bonds. The van der Waals surface area contributed by atoms with Crippen LogP contribution in [0, 0.1) is 12.3 Å². The Kier molecular flexibility index (Phi) is 5.57. The molecular formula is C21H27BrN6O. The summed E-state index contributed by atoms with van der Waals surface area (Å²) in [4.78, 5) is 4.85. The third-order valence-electron chi connectivity index (χ3n) is 5.04. The van der Waals surface area contributed by atoms with E-state index in [9.17, 15) is 0 Å². The summed E-state index contributed by atoms with van der Waals surface area (Å²) in [6.45, 7) is 10.2. The molecule has 154 valence electrons. The van der Waals surface area contributed by atoms with Crippen LogP contribution in [0.15, 0.2) is 28.9 Å². The Balaban J connectivity index is 1.73. The van der Waals surface area contributed by atoms with Gasteiger partial charge in [-0.3, -0.25) is 0 Å². The van der Waals surface area contributed by atoms with Crippen molar-refractivity contribution in [2.75, 3.05) is 13.2 Å². The summed E-state index contributed by atoms with van der Waals surface area (Å²) < 4.78 is 10.3. The van der Waals surface area contributed by atoms with Gasteiger partial charge in [-0.2, -0.15) is 5.10 Å². The highest BCUT2D eigenvalue weighted by Crippen LogP contribution is 2.26. The maximum Gasteiger partial charge on any atom is 0.185 e. The lowest BCUT2D eigenvalue weighted by Crippen LogP contribution is -2.09. The van der Waals surface area contributed by atoms with E-state index in [1.807, 2.05) is 21.6 Å². The van der Waals surface area contributed by atoms with E-state index < -0.39 is 0 Å². The Bertz CT molecular complexity index is 977. The molecule has 3 heterocycles. The Morgan fingerprint density at radius 2 is 2.07 bits per heavy atom. The number of aryl methyl sites for hydroxylation is 2. The van der Waals surface area contributed by atoms with Crippen LogP contribution in [-0.4, -0.2) is 43.0 Å². The highest BCUT2D eigenvalue weighted by atomic mass is 79.9. The van der Waals surface area contributed by atoms with Gasteiger partial charge in [-0.15, -0.1) is 5.10 Å². The highest BCUT2D eigenvalue weighted by Gasteiger charge is 2.23. The van der Waals surface area contributed by atoms with Crippen LogP contribution in [0.4, 0.5) is 0 Å². The topological polar surface area (TPSA) is 70.7 Å². The SMILES string of the molecule is Cc1cc(Br)cc(-n2nc(CCC(C)(C)C)nc2-c2cn(C3CCOC3)nn2)c1. The van der Waals surface area contributed by atoms with Gasteiger partial charge in [0.1, 0.15) is 5.69 Å².